The van der Waals surface area contributed by atoms with Gasteiger partial charge in [-0.25, -0.2) is 9.29 Å². The lowest BCUT2D eigenvalue weighted by atomic mass is 9.90. The van der Waals surface area contributed by atoms with E-state index in [0.717, 1.165) is 35.4 Å². The molecule has 294 valence electrons. The minimum atomic E-state index is -5.07. The van der Waals surface area contributed by atoms with E-state index >= 15 is 0 Å². The Labute approximate surface area is 332 Å². The van der Waals surface area contributed by atoms with Gasteiger partial charge in [0.15, 0.2) is 0 Å². The fourth-order valence-electron chi connectivity index (χ4n) is 6.96. The fourth-order valence-corrected chi connectivity index (χ4v) is 6.96. The zero-order chi connectivity index (χ0) is 41.5. The predicted molar refractivity (Wildman–Crippen MR) is 210 cm³/mol. The molecule has 0 fully saturated rings. The van der Waals surface area contributed by atoms with Gasteiger partial charge in [0.05, 0.1) is 11.3 Å². The third kappa shape index (κ3) is 7.64. The van der Waals surface area contributed by atoms with E-state index in [0.29, 0.717) is 21.7 Å². The lowest BCUT2D eigenvalue weighted by molar-refractivity contribution is -0.139. The first-order valence-electron chi connectivity index (χ1n) is 18.0. The van der Waals surface area contributed by atoms with Crippen LogP contribution in [0.2, 0.25) is 0 Å². The Morgan fingerprint density at radius 1 is 0.542 bits per heavy atom. The van der Waals surface area contributed by atoms with E-state index in [-0.39, 0.29) is 45.0 Å². The van der Waals surface area contributed by atoms with Gasteiger partial charge in [0.1, 0.15) is 35.2 Å². The quantitative estimate of drug-likeness (QED) is 0.0829. The van der Waals surface area contributed by atoms with Crippen molar-refractivity contribution in [3.63, 3.8) is 0 Å². The number of rotatable bonds is 9. The van der Waals surface area contributed by atoms with Crippen molar-refractivity contribution in [1.82, 2.24) is 0 Å². The molecule has 0 bridgehead atoms. The van der Waals surface area contributed by atoms with Crippen LogP contribution in [0, 0.1) is 0 Å². The van der Waals surface area contributed by atoms with Gasteiger partial charge >= 0.3 is 12.4 Å². The van der Waals surface area contributed by atoms with Crippen molar-refractivity contribution in [3.05, 3.63) is 185 Å². The summed E-state index contributed by atoms with van der Waals surface area (Å²) in [5.74, 6) is -3.17. The summed E-state index contributed by atoms with van der Waals surface area (Å²) in [5.41, 5.74) is -0.276. The zero-order valence-corrected chi connectivity index (χ0v) is 30.4. The van der Waals surface area contributed by atoms with E-state index in [1.165, 1.54) is 66.7 Å². The molecular weight excluding hydrogens is 776 g/mol. The van der Waals surface area contributed by atoms with Crippen molar-refractivity contribution < 1.29 is 49.8 Å². The Morgan fingerprint density at radius 3 is 1.97 bits per heavy atom. The van der Waals surface area contributed by atoms with Crippen LogP contribution in [0.15, 0.2) is 146 Å². The van der Waals surface area contributed by atoms with Gasteiger partial charge in [-0.2, -0.15) is 26.3 Å². The van der Waals surface area contributed by atoms with E-state index in [4.69, 9.17) is 9.47 Å². The number of carbonyl (C=O) groups excluding carboxylic acids is 2. The molecule has 12 heteroatoms. The molecule has 0 N–H and O–H groups in total. The molecule has 0 aliphatic carbocycles. The average Bonchev–Trinajstić information content (AvgIpc) is 3.23. The van der Waals surface area contributed by atoms with Gasteiger partial charge < -0.3 is 9.47 Å². The number of carbonyl (C=O) groups is 2. The number of hydrogen-bond donors (Lipinski definition) is 0. The lowest BCUT2D eigenvalue weighted by Crippen LogP contribution is -2.40. The Balaban J connectivity index is 1.16. The van der Waals surface area contributed by atoms with Crippen LogP contribution in [0.25, 0.3) is 34.1 Å². The number of benzene rings is 7. The molecule has 59 heavy (non-hydrogen) atoms. The summed E-state index contributed by atoms with van der Waals surface area (Å²) >= 11 is 0. The second-order valence-electron chi connectivity index (χ2n) is 13.5. The smallest absolute Gasteiger partial charge is 0.420 e. The first-order chi connectivity index (χ1) is 28.3. The summed E-state index contributed by atoms with van der Waals surface area (Å²) in [4.78, 5) is 28.7. The fraction of sp³-hybridized carbons (Fsp3) is 0.0638. The third-order valence-corrected chi connectivity index (χ3v) is 9.71. The minimum Gasteiger partial charge on any atom is -0.457 e. The van der Waals surface area contributed by atoms with Crippen LogP contribution in [-0.4, -0.2) is 11.8 Å². The molecular formula is C47H28F7NO4. The SMILES string of the molecule is O=C1c2cccc3c(C=Cc4ccccc4)ccc(c23)C(=O)N1c1ccc(Oc2ccc(Oc3ccccc3C(F)(F)F)cc2-c2cccc(CF)c2)c(C(F)(F)F)c1. The number of halogens is 7. The van der Waals surface area contributed by atoms with Gasteiger partial charge in [-0.1, -0.05) is 91.0 Å². The van der Waals surface area contributed by atoms with Gasteiger partial charge in [0.2, 0.25) is 0 Å². The van der Waals surface area contributed by atoms with Crippen LogP contribution >= 0.6 is 0 Å². The van der Waals surface area contributed by atoms with Crippen molar-refractivity contribution in [2.75, 3.05) is 4.90 Å². The first-order valence-corrected chi connectivity index (χ1v) is 18.0. The van der Waals surface area contributed by atoms with Crippen LogP contribution in [-0.2, 0) is 19.0 Å². The molecule has 8 rings (SSSR count). The summed E-state index contributed by atoms with van der Waals surface area (Å²) < 4.78 is 111. The second-order valence-corrected chi connectivity index (χ2v) is 13.5. The maximum absolute atomic E-state index is 14.9. The molecule has 0 unspecified atom stereocenters. The molecule has 0 radical (unpaired) electrons. The van der Waals surface area contributed by atoms with E-state index in [1.807, 2.05) is 42.5 Å². The van der Waals surface area contributed by atoms with E-state index in [9.17, 15) is 40.3 Å². The number of hydrogen-bond acceptors (Lipinski definition) is 4. The second kappa shape index (κ2) is 15.3. The maximum Gasteiger partial charge on any atom is 0.420 e. The van der Waals surface area contributed by atoms with Gasteiger partial charge in [0, 0.05) is 22.1 Å². The van der Waals surface area contributed by atoms with Crippen LogP contribution in [0.1, 0.15) is 48.5 Å². The molecule has 0 atom stereocenters. The van der Waals surface area contributed by atoms with Crippen LogP contribution in [0.5, 0.6) is 23.0 Å². The number of para-hydroxylation sites is 1. The van der Waals surface area contributed by atoms with Crippen LogP contribution in [0.4, 0.5) is 36.4 Å². The summed E-state index contributed by atoms with van der Waals surface area (Å²) in [5, 5.41) is 0.991. The molecule has 0 aromatic heterocycles. The molecule has 2 amide bonds. The van der Waals surface area contributed by atoms with E-state index in [2.05, 4.69) is 0 Å². The van der Waals surface area contributed by atoms with E-state index < -0.39 is 53.5 Å². The topological polar surface area (TPSA) is 55.8 Å². The number of imide groups is 1. The molecule has 7 aromatic rings. The third-order valence-electron chi connectivity index (χ3n) is 9.71. The normalized spacial score (nSPS) is 13.0. The molecule has 1 heterocycles. The minimum absolute atomic E-state index is 0.0727. The van der Waals surface area contributed by atoms with Gasteiger partial charge in [-0.15, -0.1) is 0 Å². The largest absolute Gasteiger partial charge is 0.457 e. The maximum atomic E-state index is 14.9. The highest BCUT2D eigenvalue weighted by molar-refractivity contribution is 6.36. The van der Waals surface area contributed by atoms with Gasteiger partial charge in [-0.3, -0.25) is 9.59 Å². The van der Waals surface area contributed by atoms with Crippen molar-refractivity contribution in [3.8, 4) is 34.1 Å². The molecule has 5 nitrogen and oxygen atoms in total. The van der Waals surface area contributed by atoms with Crippen LogP contribution < -0.4 is 14.4 Å². The highest BCUT2D eigenvalue weighted by Gasteiger charge is 2.39. The summed E-state index contributed by atoms with van der Waals surface area (Å²) in [6.45, 7) is -0.877. The molecule has 0 saturated carbocycles. The van der Waals surface area contributed by atoms with Crippen molar-refractivity contribution in [1.29, 1.82) is 0 Å². The molecule has 0 saturated heterocycles. The Morgan fingerprint density at radius 2 is 1.22 bits per heavy atom. The van der Waals surface area contributed by atoms with Crippen molar-refractivity contribution in [2.45, 2.75) is 19.0 Å². The number of ether oxygens (including phenoxy) is 2. The highest BCUT2D eigenvalue weighted by Crippen LogP contribution is 2.46. The predicted octanol–water partition coefficient (Wildman–Crippen LogP) is 13.6. The lowest BCUT2D eigenvalue weighted by Gasteiger charge is -2.28. The van der Waals surface area contributed by atoms with Gasteiger partial charge in [-0.05, 0) is 94.4 Å². The van der Waals surface area contributed by atoms with Crippen LogP contribution in [0.3, 0.4) is 0 Å². The number of amides is 2. The average molecular weight is 804 g/mol. The first kappa shape index (κ1) is 38.7. The summed E-state index contributed by atoms with van der Waals surface area (Å²) in [6, 6.07) is 34.5. The molecule has 0 spiro atoms. The standard InChI is InChI=1S/C47H28F7NO4/c48-27-29-10-6-11-31(24-29)37-26-33(58-41-15-5-4-14-38(41)46(49,50)51)20-23-40(37)59-42-22-19-32(25-39(42)47(52,53)54)55-44(56)35-13-7-12-34-30(17-16-28-8-2-1-3-9-28)18-21-36(43(34)35)45(55)57/h1-26H,27H2. The summed E-state index contributed by atoms with van der Waals surface area (Å²) in [7, 11) is 0. The summed E-state index contributed by atoms with van der Waals surface area (Å²) in [6.07, 6.45) is -6.08. The zero-order valence-electron chi connectivity index (χ0n) is 30.4. The molecule has 1 aliphatic rings. The van der Waals surface area contributed by atoms with Gasteiger partial charge in [0.25, 0.3) is 11.8 Å². The van der Waals surface area contributed by atoms with E-state index in [1.54, 1.807) is 18.2 Å². The Hall–Kier alpha value is -7.21. The Kier molecular flexibility index (Phi) is 10.0. The Bertz CT molecular complexity index is 2770. The molecule has 1 aliphatic heterocycles. The number of alkyl halides is 7. The highest BCUT2D eigenvalue weighted by atomic mass is 19.4. The number of nitrogens with zero attached hydrogens (tertiary/aromatic N) is 1. The monoisotopic (exact) mass is 803 g/mol. The van der Waals surface area contributed by atoms with Crippen molar-refractivity contribution >= 4 is 40.4 Å². The molecule has 7 aromatic carbocycles. The van der Waals surface area contributed by atoms with Crippen molar-refractivity contribution in [2.24, 2.45) is 0 Å². The number of anilines is 1.